The standard InChI is InChI=1S/C53H97NO7/c1-6-8-10-12-14-16-18-20-22-23-24-25-26-27-28-29-30-32-34-36-38-40-42-44-52(56)61-49(47-59-46-45-50(53(57)58)54(3,4)5)48-60-51(55)43-41-39-37-35-33-31-21-19-17-15-13-11-9-7-2/h8,10,14,16,20,22,49-50H,6-7,9,11-13,15,17-19,21,23-48H2,1-5H3/b10-8+,16-14+,22-20+. The van der Waals surface area contributed by atoms with E-state index in [0.29, 0.717) is 12.8 Å². The van der Waals surface area contributed by atoms with Crippen LogP contribution in [0.1, 0.15) is 232 Å². The molecule has 0 saturated carbocycles. The average molecular weight is 860 g/mol. The van der Waals surface area contributed by atoms with Crippen LogP contribution in [0.4, 0.5) is 0 Å². The lowest BCUT2D eigenvalue weighted by Crippen LogP contribution is -2.55. The molecule has 0 aliphatic rings. The fourth-order valence-electron chi connectivity index (χ4n) is 7.62. The second-order valence-corrected chi connectivity index (χ2v) is 18.4. The monoisotopic (exact) mass is 860 g/mol. The first-order valence-corrected chi connectivity index (χ1v) is 25.5. The van der Waals surface area contributed by atoms with E-state index in [9.17, 15) is 19.5 Å². The molecule has 0 aliphatic heterocycles. The van der Waals surface area contributed by atoms with Crippen molar-refractivity contribution < 1.29 is 38.2 Å². The molecule has 0 amide bonds. The summed E-state index contributed by atoms with van der Waals surface area (Å²) in [4.78, 5) is 37.0. The van der Waals surface area contributed by atoms with E-state index in [1.807, 2.05) is 0 Å². The van der Waals surface area contributed by atoms with E-state index >= 15 is 0 Å². The van der Waals surface area contributed by atoms with Crippen molar-refractivity contribution in [1.29, 1.82) is 0 Å². The van der Waals surface area contributed by atoms with Crippen LogP contribution in [-0.2, 0) is 28.6 Å². The Morgan fingerprint density at radius 3 is 1.36 bits per heavy atom. The summed E-state index contributed by atoms with van der Waals surface area (Å²) in [5, 5.41) is 11.7. The molecule has 8 heteroatoms. The topological polar surface area (TPSA) is 102 Å². The van der Waals surface area contributed by atoms with E-state index in [4.69, 9.17) is 14.2 Å². The highest BCUT2D eigenvalue weighted by molar-refractivity contribution is 5.70. The zero-order chi connectivity index (χ0) is 44.9. The van der Waals surface area contributed by atoms with Crippen molar-refractivity contribution in [1.82, 2.24) is 0 Å². The fraction of sp³-hybridized carbons (Fsp3) is 0.830. The highest BCUT2D eigenvalue weighted by Gasteiger charge is 2.25. The molecule has 0 aromatic heterocycles. The molecule has 8 nitrogen and oxygen atoms in total. The van der Waals surface area contributed by atoms with E-state index in [-0.39, 0.29) is 42.7 Å². The molecule has 0 rings (SSSR count). The summed E-state index contributed by atoms with van der Waals surface area (Å²) in [6.45, 7) is 4.58. The Morgan fingerprint density at radius 2 is 0.918 bits per heavy atom. The number of quaternary nitrogens is 1. The van der Waals surface area contributed by atoms with Crippen LogP contribution in [0, 0.1) is 0 Å². The summed E-state index contributed by atoms with van der Waals surface area (Å²) in [7, 11) is 5.42. The minimum absolute atomic E-state index is 0.0442. The maximum absolute atomic E-state index is 12.8. The first-order valence-electron chi connectivity index (χ1n) is 25.5. The Hall–Kier alpha value is -2.45. The Morgan fingerprint density at radius 1 is 0.508 bits per heavy atom. The van der Waals surface area contributed by atoms with Gasteiger partial charge in [-0.15, -0.1) is 0 Å². The molecule has 0 aromatic rings. The Labute approximate surface area is 376 Å². The van der Waals surface area contributed by atoms with E-state index in [1.54, 1.807) is 21.1 Å². The average Bonchev–Trinajstić information content (AvgIpc) is 3.22. The summed E-state index contributed by atoms with van der Waals surface area (Å²) in [6.07, 6.45) is 51.7. The first kappa shape index (κ1) is 58.6. The van der Waals surface area contributed by atoms with Crippen LogP contribution >= 0.6 is 0 Å². The third kappa shape index (κ3) is 42.6. The van der Waals surface area contributed by atoms with Crippen LogP contribution in [0.15, 0.2) is 36.5 Å². The number of esters is 2. The predicted octanol–water partition coefficient (Wildman–Crippen LogP) is 13.3. The molecule has 0 heterocycles. The van der Waals surface area contributed by atoms with Gasteiger partial charge in [0, 0.05) is 19.3 Å². The van der Waals surface area contributed by atoms with Crippen molar-refractivity contribution >= 4 is 17.9 Å². The van der Waals surface area contributed by atoms with E-state index < -0.39 is 18.1 Å². The summed E-state index contributed by atoms with van der Waals surface area (Å²) < 4.78 is 17.2. The van der Waals surface area contributed by atoms with Gasteiger partial charge in [0.15, 0.2) is 6.10 Å². The number of hydrogen-bond acceptors (Lipinski definition) is 7. The number of carboxylic acids is 1. The number of carboxylic acid groups (broad SMARTS) is 1. The number of likely N-dealkylation sites (N-methyl/N-ethyl adjacent to an activating group) is 1. The van der Waals surface area contributed by atoms with Crippen molar-refractivity contribution in [3.8, 4) is 0 Å². The second-order valence-electron chi connectivity index (χ2n) is 18.4. The van der Waals surface area contributed by atoms with Crippen LogP contribution in [0.3, 0.4) is 0 Å². The van der Waals surface area contributed by atoms with Gasteiger partial charge in [0.2, 0.25) is 0 Å². The van der Waals surface area contributed by atoms with Crippen molar-refractivity contribution in [2.75, 3.05) is 41.0 Å². The fourth-order valence-corrected chi connectivity index (χ4v) is 7.62. The SMILES string of the molecule is CC/C=C/C/C=C/C/C=C/CCCCCCCCCCCCCCCC(=O)OC(COCCC(C(=O)[O-])[N+](C)(C)C)COC(=O)CCCCCCCCCCCCCCCC. The van der Waals surface area contributed by atoms with E-state index in [1.165, 1.54) is 141 Å². The smallest absolute Gasteiger partial charge is 0.306 e. The molecule has 0 spiro atoms. The van der Waals surface area contributed by atoms with Crippen LogP contribution in [0.2, 0.25) is 0 Å². The summed E-state index contributed by atoms with van der Waals surface area (Å²) in [6, 6.07) is -0.724. The molecule has 0 radical (unpaired) electrons. The number of carbonyl (C=O) groups excluding carboxylic acids is 3. The largest absolute Gasteiger partial charge is 0.544 e. The molecule has 0 saturated heterocycles. The lowest BCUT2D eigenvalue weighted by Gasteiger charge is -2.34. The van der Waals surface area contributed by atoms with Gasteiger partial charge in [0.1, 0.15) is 12.6 Å². The quantitative estimate of drug-likeness (QED) is 0.0260. The zero-order valence-electron chi connectivity index (χ0n) is 40.6. The number of carbonyl (C=O) groups is 3. The molecule has 0 aliphatic carbocycles. The molecule has 2 atom stereocenters. The van der Waals surface area contributed by atoms with E-state index in [0.717, 1.165) is 57.8 Å². The highest BCUT2D eigenvalue weighted by Crippen LogP contribution is 2.16. The van der Waals surface area contributed by atoms with Gasteiger partial charge in [-0.25, -0.2) is 0 Å². The lowest BCUT2D eigenvalue weighted by atomic mass is 10.0. The van der Waals surface area contributed by atoms with Crippen molar-refractivity contribution in [3.63, 3.8) is 0 Å². The number of rotatable bonds is 46. The minimum Gasteiger partial charge on any atom is -0.544 e. The molecule has 61 heavy (non-hydrogen) atoms. The maximum atomic E-state index is 12.8. The van der Waals surface area contributed by atoms with Gasteiger partial charge in [0.05, 0.1) is 40.3 Å². The first-order chi connectivity index (χ1) is 29.6. The van der Waals surface area contributed by atoms with Crippen molar-refractivity contribution in [2.24, 2.45) is 0 Å². The van der Waals surface area contributed by atoms with Gasteiger partial charge in [-0.2, -0.15) is 0 Å². The van der Waals surface area contributed by atoms with Crippen LogP contribution in [0.25, 0.3) is 0 Å². The number of hydrogen-bond donors (Lipinski definition) is 0. The molecular formula is C53H97NO7. The zero-order valence-corrected chi connectivity index (χ0v) is 40.6. The third-order valence-electron chi connectivity index (χ3n) is 11.5. The summed E-state index contributed by atoms with van der Waals surface area (Å²) in [5.74, 6) is -1.72. The summed E-state index contributed by atoms with van der Waals surface area (Å²) >= 11 is 0. The second kappa shape index (κ2) is 44.2. The van der Waals surface area contributed by atoms with Gasteiger partial charge in [-0.3, -0.25) is 9.59 Å². The van der Waals surface area contributed by atoms with Crippen molar-refractivity contribution in [2.45, 2.75) is 244 Å². The van der Waals surface area contributed by atoms with Gasteiger partial charge in [-0.1, -0.05) is 204 Å². The number of unbranched alkanes of at least 4 members (excludes halogenated alkanes) is 26. The molecule has 0 bridgehead atoms. The number of aliphatic carboxylic acids is 1. The molecule has 0 N–H and O–H groups in total. The van der Waals surface area contributed by atoms with Crippen LogP contribution in [-0.4, -0.2) is 75.5 Å². The van der Waals surface area contributed by atoms with Crippen LogP contribution in [0.5, 0.6) is 0 Å². The molecular weight excluding hydrogens is 763 g/mol. The number of nitrogens with zero attached hydrogens (tertiary/aromatic N) is 1. The Bertz CT molecular complexity index is 1090. The lowest BCUT2D eigenvalue weighted by molar-refractivity contribution is -0.889. The minimum atomic E-state index is -1.12. The normalized spacial score (nSPS) is 13.1. The van der Waals surface area contributed by atoms with Gasteiger partial charge in [-0.05, 0) is 44.9 Å². The summed E-state index contributed by atoms with van der Waals surface area (Å²) in [5.41, 5.74) is 0. The molecule has 0 aromatic carbocycles. The Balaban J connectivity index is 4.18. The number of allylic oxidation sites excluding steroid dienone is 6. The third-order valence-corrected chi connectivity index (χ3v) is 11.5. The Kier molecular flexibility index (Phi) is 42.4. The van der Waals surface area contributed by atoms with Crippen LogP contribution < -0.4 is 5.11 Å². The van der Waals surface area contributed by atoms with Gasteiger partial charge >= 0.3 is 11.9 Å². The van der Waals surface area contributed by atoms with Gasteiger partial charge < -0.3 is 28.6 Å². The number of ether oxygens (including phenoxy) is 3. The highest BCUT2D eigenvalue weighted by atomic mass is 16.6. The predicted molar refractivity (Wildman–Crippen MR) is 254 cm³/mol. The van der Waals surface area contributed by atoms with E-state index in [2.05, 4.69) is 50.3 Å². The molecule has 2 unspecified atom stereocenters. The van der Waals surface area contributed by atoms with Crippen molar-refractivity contribution in [3.05, 3.63) is 36.5 Å². The van der Waals surface area contributed by atoms with Gasteiger partial charge in [0.25, 0.3) is 0 Å². The molecule has 356 valence electrons. The maximum Gasteiger partial charge on any atom is 0.306 e. The molecule has 0 fully saturated rings.